The molecule has 1 aliphatic heterocycles. The number of hydrogen-bond donors (Lipinski definition) is 1. The van der Waals surface area contributed by atoms with E-state index in [4.69, 9.17) is 17.3 Å². The molecular formula is C15H23ClN4. The van der Waals surface area contributed by atoms with Crippen LogP contribution in [0.15, 0.2) is 12.3 Å². The third-order valence-corrected chi connectivity index (χ3v) is 5.04. The molecule has 0 amide bonds. The van der Waals surface area contributed by atoms with Gasteiger partial charge in [0.25, 0.3) is 0 Å². The summed E-state index contributed by atoms with van der Waals surface area (Å²) in [6.45, 7) is 4.73. The van der Waals surface area contributed by atoms with Gasteiger partial charge in [-0.25, -0.2) is 4.98 Å². The summed E-state index contributed by atoms with van der Waals surface area (Å²) in [5.41, 5.74) is 6.70. The smallest absolute Gasteiger partial charge is 0.147 e. The standard InChI is InChI=1S/C15H23ClN4/c16-14-12(11-17)5-6-18-15(14)20-9-7-19(8-10-20)13-3-1-2-4-13/h5-6,13H,1-4,7-11,17H2. The Morgan fingerprint density at radius 3 is 2.55 bits per heavy atom. The van der Waals surface area contributed by atoms with Gasteiger partial charge in [-0.3, -0.25) is 4.90 Å². The molecule has 2 heterocycles. The van der Waals surface area contributed by atoms with E-state index in [0.29, 0.717) is 6.54 Å². The number of pyridine rings is 1. The highest BCUT2D eigenvalue weighted by Gasteiger charge is 2.27. The predicted molar refractivity (Wildman–Crippen MR) is 83.2 cm³/mol. The van der Waals surface area contributed by atoms with Gasteiger partial charge in [0.05, 0.1) is 5.02 Å². The number of hydrogen-bond acceptors (Lipinski definition) is 4. The van der Waals surface area contributed by atoms with E-state index >= 15 is 0 Å². The maximum Gasteiger partial charge on any atom is 0.147 e. The van der Waals surface area contributed by atoms with E-state index in [0.717, 1.165) is 48.6 Å². The van der Waals surface area contributed by atoms with Crippen molar-refractivity contribution < 1.29 is 0 Å². The lowest BCUT2D eigenvalue weighted by atomic mass is 10.1. The second-order valence-electron chi connectivity index (χ2n) is 5.77. The minimum absolute atomic E-state index is 0.469. The van der Waals surface area contributed by atoms with Gasteiger partial charge in [0.15, 0.2) is 0 Å². The van der Waals surface area contributed by atoms with Crippen molar-refractivity contribution in [3.8, 4) is 0 Å². The van der Waals surface area contributed by atoms with E-state index in [1.807, 2.05) is 12.3 Å². The van der Waals surface area contributed by atoms with Crippen LogP contribution in [0.2, 0.25) is 5.02 Å². The number of nitrogens with two attached hydrogens (primary N) is 1. The first-order valence-electron chi connectivity index (χ1n) is 7.62. The van der Waals surface area contributed by atoms with Crippen molar-refractivity contribution >= 4 is 17.4 Å². The van der Waals surface area contributed by atoms with Gasteiger partial charge in [0.1, 0.15) is 5.82 Å². The molecule has 1 aromatic rings. The Balaban J connectivity index is 1.65. The Bertz CT molecular complexity index is 451. The molecule has 2 aliphatic rings. The lowest BCUT2D eigenvalue weighted by molar-refractivity contribution is 0.187. The molecule has 0 bridgehead atoms. The van der Waals surface area contributed by atoms with Crippen LogP contribution in [0.4, 0.5) is 5.82 Å². The van der Waals surface area contributed by atoms with Gasteiger partial charge in [-0.15, -0.1) is 0 Å². The number of piperazine rings is 1. The first kappa shape index (κ1) is 14.1. The maximum atomic E-state index is 6.41. The Hall–Kier alpha value is -0.840. The fourth-order valence-corrected chi connectivity index (χ4v) is 3.73. The highest BCUT2D eigenvalue weighted by molar-refractivity contribution is 6.33. The molecule has 0 aromatic carbocycles. The molecule has 4 nitrogen and oxygen atoms in total. The summed E-state index contributed by atoms with van der Waals surface area (Å²) in [5.74, 6) is 0.903. The van der Waals surface area contributed by atoms with Crippen LogP contribution in [-0.2, 0) is 6.54 Å². The largest absolute Gasteiger partial charge is 0.353 e. The summed E-state index contributed by atoms with van der Waals surface area (Å²) in [6, 6.07) is 2.72. The average molecular weight is 295 g/mol. The normalized spacial score (nSPS) is 21.6. The molecule has 1 aliphatic carbocycles. The lowest BCUT2D eigenvalue weighted by Gasteiger charge is -2.39. The SMILES string of the molecule is NCc1ccnc(N2CCN(C3CCCC3)CC2)c1Cl. The van der Waals surface area contributed by atoms with Crippen molar-refractivity contribution in [1.82, 2.24) is 9.88 Å². The van der Waals surface area contributed by atoms with Crippen molar-refractivity contribution in [2.45, 2.75) is 38.3 Å². The van der Waals surface area contributed by atoms with E-state index in [2.05, 4.69) is 14.8 Å². The molecule has 1 aromatic heterocycles. The van der Waals surface area contributed by atoms with Gasteiger partial charge in [-0.2, -0.15) is 0 Å². The fraction of sp³-hybridized carbons (Fsp3) is 0.667. The third kappa shape index (κ3) is 2.78. The molecule has 110 valence electrons. The highest BCUT2D eigenvalue weighted by Crippen LogP contribution is 2.29. The van der Waals surface area contributed by atoms with E-state index in [9.17, 15) is 0 Å². The molecule has 1 saturated heterocycles. The second kappa shape index (κ2) is 6.29. The minimum Gasteiger partial charge on any atom is -0.353 e. The van der Waals surface area contributed by atoms with Crippen LogP contribution in [0.5, 0.6) is 0 Å². The van der Waals surface area contributed by atoms with Gasteiger partial charge < -0.3 is 10.6 Å². The molecule has 20 heavy (non-hydrogen) atoms. The van der Waals surface area contributed by atoms with Gasteiger partial charge in [0, 0.05) is 45.0 Å². The minimum atomic E-state index is 0.469. The summed E-state index contributed by atoms with van der Waals surface area (Å²) in [4.78, 5) is 9.39. The lowest BCUT2D eigenvalue weighted by Crippen LogP contribution is -2.50. The highest BCUT2D eigenvalue weighted by atomic mass is 35.5. The number of rotatable bonds is 3. The number of nitrogens with zero attached hydrogens (tertiary/aromatic N) is 3. The zero-order valence-electron chi connectivity index (χ0n) is 11.9. The fourth-order valence-electron chi connectivity index (χ4n) is 3.42. The van der Waals surface area contributed by atoms with Crippen LogP contribution in [-0.4, -0.2) is 42.1 Å². The van der Waals surface area contributed by atoms with Gasteiger partial charge in [-0.1, -0.05) is 24.4 Å². The molecule has 1 saturated carbocycles. The van der Waals surface area contributed by atoms with Crippen molar-refractivity contribution in [2.24, 2.45) is 5.73 Å². The van der Waals surface area contributed by atoms with E-state index in [1.165, 1.54) is 25.7 Å². The predicted octanol–water partition coefficient (Wildman–Crippen LogP) is 2.26. The Labute approximate surface area is 125 Å². The van der Waals surface area contributed by atoms with Crippen molar-refractivity contribution in [3.05, 3.63) is 22.8 Å². The first-order valence-corrected chi connectivity index (χ1v) is 8.00. The Kier molecular flexibility index (Phi) is 4.44. The summed E-state index contributed by atoms with van der Waals surface area (Å²) >= 11 is 6.41. The van der Waals surface area contributed by atoms with Crippen LogP contribution in [0.3, 0.4) is 0 Å². The molecular weight excluding hydrogens is 272 g/mol. The van der Waals surface area contributed by atoms with Gasteiger partial charge in [0.2, 0.25) is 0 Å². The summed E-state index contributed by atoms with van der Waals surface area (Å²) in [5, 5.41) is 0.726. The Morgan fingerprint density at radius 1 is 1.20 bits per heavy atom. The topological polar surface area (TPSA) is 45.4 Å². The van der Waals surface area contributed by atoms with E-state index < -0.39 is 0 Å². The molecule has 0 spiro atoms. The zero-order chi connectivity index (χ0) is 13.9. The molecule has 0 radical (unpaired) electrons. The molecule has 2 fully saturated rings. The molecule has 3 rings (SSSR count). The van der Waals surface area contributed by atoms with Crippen LogP contribution < -0.4 is 10.6 Å². The molecule has 5 heteroatoms. The molecule has 0 atom stereocenters. The van der Waals surface area contributed by atoms with Gasteiger partial charge >= 0.3 is 0 Å². The summed E-state index contributed by atoms with van der Waals surface area (Å²) < 4.78 is 0. The maximum absolute atomic E-state index is 6.41. The Morgan fingerprint density at radius 2 is 1.90 bits per heavy atom. The monoisotopic (exact) mass is 294 g/mol. The summed E-state index contributed by atoms with van der Waals surface area (Å²) in [7, 11) is 0. The van der Waals surface area contributed by atoms with E-state index in [1.54, 1.807) is 0 Å². The molecule has 2 N–H and O–H groups in total. The number of halogens is 1. The van der Waals surface area contributed by atoms with Crippen molar-refractivity contribution in [1.29, 1.82) is 0 Å². The third-order valence-electron chi connectivity index (χ3n) is 4.63. The number of anilines is 1. The zero-order valence-corrected chi connectivity index (χ0v) is 12.6. The number of aromatic nitrogens is 1. The van der Waals surface area contributed by atoms with Crippen LogP contribution >= 0.6 is 11.6 Å². The average Bonchev–Trinajstić information content (AvgIpc) is 3.02. The van der Waals surface area contributed by atoms with Crippen molar-refractivity contribution in [3.63, 3.8) is 0 Å². The van der Waals surface area contributed by atoms with Crippen LogP contribution in [0.25, 0.3) is 0 Å². The summed E-state index contributed by atoms with van der Waals surface area (Å²) in [6.07, 6.45) is 7.36. The van der Waals surface area contributed by atoms with Crippen LogP contribution in [0, 0.1) is 0 Å². The van der Waals surface area contributed by atoms with Crippen molar-refractivity contribution in [2.75, 3.05) is 31.1 Å². The van der Waals surface area contributed by atoms with E-state index in [-0.39, 0.29) is 0 Å². The van der Waals surface area contributed by atoms with Crippen LogP contribution in [0.1, 0.15) is 31.2 Å². The first-order chi connectivity index (χ1) is 9.79. The van der Waals surface area contributed by atoms with Gasteiger partial charge in [-0.05, 0) is 24.5 Å². The second-order valence-corrected chi connectivity index (χ2v) is 6.15. The molecule has 0 unspecified atom stereocenters. The quantitative estimate of drug-likeness (QED) is 0.929.